The van der Waals surface area contributed by atoms with Gasteiger partial charge in [0.25, 0.3) is 5.91 Å². The molecule has 1 aromatic heterocycles. The second-order valence-corrected chi connectivity index (χ2v) is 3.92. The molecule has 3 N–H and O–H groups in total. The third-order valence-corrected chi connectivity index (χ3v) is 2.56. The average Bonchev–Trinajstić information content (AvgIpc) is 2.41. The van der Waals surface area contributed by atoms with Gasteiger partial charge in [0.15, 0.2) is 0 Å². The molecule has 8 heteroatoms. The van der Waals surface area contributed by atoms with Gasteiger partial charge in [-0.3, -0.25) is 15.2 Å². The number of carboxylic acids is 1. The van der Waals surface area contributed by atoms with Crippen molar-refractivity contribution < 1.29 is 19.5 Å². The molecular weight excluding hydrogens is 252 g/mol. The molecule has 3 amide bonds. The zero-order valence-corrected chi connectivity index (χ0v) is 9.92. The molecule has 2 heterocycles. The third kappa shape index (κ3) is 2.97. The van der Waals surface area contributed by atoms with E-state index in [1.807, 2.05) is 0 Å². The maximum atomic E-state index is 11.8. The number of pyridine rings is 1. The van der Waals surface area contributed by atoms with E-state index in [4.69, 9.17) is 5.11 Å². The van der Waals surface area contributed by atoms with Crippen LogP contribution in [0.2, 0.25) is 0 Å². The maximum absolute atomic E-state index is 11.8. The topological polar surface area (TPSA) is 112 Å². The van der Waals surface area contributed by atoms with Crippen LogP contribution in [0.1, 0.15) is 27.3 Å². The van der Waals surface area contributed by atoms with Crippen LogP contribution in [-0.4, -0.2) is 46.1 Å². The van der Waals surface area contributed by atoms with E-state index in [0.29, 0.717) is 13.1 Å². The van der Waals surface area contributed by atoms with Crippen LogP contribution in [-0.2, 0) is 0 Å². The number of nitrogens with zero attached hydrogens (tertiary/aromatic N) is 2. The van der Waals surface area contributed by atoms with Crippen molar-refractivity contribution in [1.82, 2.24) is 20.7 Å². The van der Waals surface area contributed by atoms with Crippen molar-refractivity contribution >= 4 is 17.9 Å². The number of carbonyl (C=O) groups excluding carboxylic acids is 2. The molecule has 0 aliphatic carbocycles. The van der Waals surface area contributed by atoms with Crippen molar-refractivity contribution in [2.75, 3.05) is 13.1 Å². The highest BCUT2D eigenvalue weighted by atomic mass is 16.4. The van der Waals surface area contributed by atoms with E-state index in [1.54, 1.807) is 0 Å². The van der Waals surface area contributed by atoms with Crippen LogP contribution in [0.15, 0.2) is 18.3 Å². The van der Waals surface area contributed by atoms with Gasteiger partial charge in [-0.2, -0.15) is 0 Å². The Balaban J connectivity index is 2.03. The monoisotopic (exact) mass is 264 g/mol. The average molecular weight is 264 g/mol. The zero-order chi connectivity index (χ0) is 13.8. The van der Waals surface area contributed by atoms with Crippen LogP contribution in [0.3, 0.4) is 0 Å². The number of aromatic nitrogens is 1. The molecule has 1 aliphatic heterocycles. The number of amides is 3. The number of aromatic carboxylic acids is 1. The molecule has 1 saturated heterocycles. The highest BCUT2D eigenvalue weighted by molar-refractivity contribution is 5.94. The zero-order valence-electron chi connectivity index (χ0n) is 9.92. The summed E-state index contributed by atoms with van der Waals surface area (Å²) in [4.78, 5) is 37.6. The Morgan fingerprint density at radius 1 is 1.42 bits per heavy atom. The van der Waals surface area contributed by atoms with E-state index in [2.05, 4.69) is 15.7 Å². The van der Waals surface area contributed by atoms with E-state index in [1.165, 1.54) is 17.1 Å². The summed E-state index contributed by atoms with van der Waals surface area (Å²) in [5.74, 6) is -1.68. The SMILES string of the molecule is O=C(O)c1ccc(C(=O)NN2CCCNC2=O)nc1. The quantitative estimate of drug-likeness (QED) is 0.702. The Bertz CT molecular complexity index is 514. The predicted octanol–water partition coefficient (Wildman–Crippen LogP) is -0.160. The van der Waals surface area contributed by atoms with Gasteiger partial charge in [-0.1, -0.05) is 0 Å². The molecule has 0 spiro atoms. The summed E-state index contributed by atoms with van der Waals surface area (Å²) in [5.41, 5.74) is 2.44. The lowest BCUT2D eigenvalue weighted by molar-refractivity contribution is 0.0695. The number of nitrogens with one attached hydrogen (secondary N) is 2. The van der Waals surface area contributed by atoms with Gasteiger partial charge < -0.3 is 10.4 Å². The number of hydrogen-bond donors (Lipinski definition) is 3. The van der Waals surface area contributed by atoms with E-state index in [9.17, 15) is 14.4 Å². The van der Waals surface area contributed by atoms with Gasteiger partial charge in [0.2, 0.25) is 0 Å². The molecule has 0 aromatic carbocycles. The Hall–Kier alpha value is -2.64. The normalized spacial score (nSPS) is 14.7. The van der Waals surface area contributed by atoms with Gasteiger partial charge in [-0.05, 0) is 18.6 Å². The standard InChI is InChI=1S/C11H12N4O4/c16-9(14-15-5-1-4-12-11(15)19)8-3-2-7(6-13-8)10(17)18/h2-3,6H,1,4-5H2,(H,12,19)(H,14,16)(H,17,18). The Morgan fingerprint density at radius 2 is 2.21 bits per heavy atom. The molecule has 100 valence electrons. The first-order valence-electron chi connectivity index (χ1n) is 5.63. The first-order valence-corrected chi connectivity index (χ1v) is 5.63. The highest BCUT2D eigenvalue weighted by Crippen LogP contribution is 2.02. The molecular formula is C11H12N4O4. The van der Waals surface area contributed by atoms with E-state index < -0.39 is 11.9 Å². The molecule has 0 atom stereocenters. The van der Waals surface area contributed by atoms with E-state index >= 15 is 0 Å². The van der Waals surface area contributed by atoms with Crippen LogP contribution in [0.4, 0.5) is 4.79 Å². The molecule has 1 aliphatic rings. The molecule has 1 aromatic rings. The van der Waals surface area contributed by atoms with Crippen molar-refractivity contribution in [2.24, 2.45) is 0 Å². The lowest BCUT2D eigenvalue weighted by atomic mass is 10.2. The van der Waals surface area contributed by atoms with Crippen LogP contribution < -0.4 is 10.7 Å². The summed E-state index contributed by atoms with van der Waals surface area (Å²) in [6.45, 7) is 1.00. The second kappa shape index (κ2) is 5.34. The fraction of sp³-hybridized carbons (Fsp3) is 0.273. The van der Waals surface area contributed by atoms with E-state index in [0.717, 1.165) is 12.6 Å². The number of carboxylic acid groups (broad SMARTS) is 1. The molecule has 1 fully saturated rings. The van der Waals surface area contributed by atoms with Crippen molar-refractivity contribution in [2.45, 2.75) is 6.42 Å². The summed E-state index contributed by atoms with van der Waals surface area (Å²) < 4.78 is 0. The molecule has 8 nitrogen and oxygen atoms in total. The molecule has 0 saturated carbocycles. The lowest BCUT2D eigenvalue weighted by Gasteiger charge is -2.27. The minimum absolute atomic E-state index is 0.00716. The third-order valence-electron chi connectivity index (χ3n) is 2.56. The van der Waals surface area contributed by atoms with Gasteiger partial charge in [0, 0.05) is 19.3 Å². The van der Waals surface area contributed by atoms with Crippen molar-refractivity contribution in [3.63, 3.8) is 0 Å². The van der Waals surface area contributed by atoms with Crippen molar-refractivity contribution in [3.05, 3.63) is 29.6 Å². The number of carbonyl (C=O) groups is 3. The van der Waals surface area contributed by atoms with Gasteiger partial charge >= 0.3 is 12.0 Å². The van der Waals surface area contributed by atoms with Gasteiger partial charge in [-0.25, -0.2) is 14.6 Å². The van der Waals surface area contributed by atoms with Gasteiger partial charge in [0.1, 0.15) is 5.69 Å². The number of hydrazine groups is 1. The lowest BCUT2D eigenvalue weighted by Crippen LogP contribution is -2.54. The van der Waals surface area contributed by atoms with Crippen molar-refractivity contribution in [1.29, 1.82) is 0 Å². The van der Waals surface area contributed by atoms with Crippen LogP contribution in [0, 0.1) is 0 Å². The number of rotatable bonds is 3. The first kappa shape index (κ1) is 12.8. The Morgan fingerprint density at radius 3 is 2.79 bits per heavy atom. The summed E-state index contributed by atoms with van der Waals surface area (Å²) in [7, 11) is 0. The summed E-state index contributed by atoms with van der Waals surface area (Å²) in [6, 6.07) is 2.20. The smallest absolute Gasteiger partial charge is 0.337 e. The summed E-state index contributed by atoms with van der Waals surface area (Å²) in [6.07, 6.45) is 1.82. The highest BCUT2D eigenvalue weighted by Gasteiger charge is 2.20. The van der Waals surface area contributed by atoms with Crippen LogP contribution >= 0.6 is 0 Å². The fourth-order valence-corrected chi connectivity index (χ4v) is 1.57. The van der Waals surface area contributed by atoms with Gasteiger partial charge in [0.05, 0.1) is 5.56 Å². The molecule has 0 unspecified atom stereocenters. The largest absolute Gasteiger partial charge is 0.478 e. The summed E-state index contributed by atoms with van der Waals surface area (Å²) >= 11 is 0. The minimum Gasteiger partial charge on any atom is -0.478 e. The fourth-order valence-electron chi connectivity index (χ4n) is 1.57. The Kier molecular flexibility index (Phi) is 3.60. The number of urea groups is 1. The van der Waals surface area contributed by atoms with E-state index in [-0.39, 0.29) is 17.3 Å². The molecule has 19 heavy (non-hydrogen) atoms. The number of hydrogen-bond acceptors (Lipinski definition) is 4. The second-order valence-electron chi connectivity index (χ2n) is 3.92. The molecule has 0 radical (unpaired) electrons. The Labute approximate surface area is 108 Å². The van der Waals surface area contributed by atoms with Crippen LogP contribution in [0.5, 0.6) is 0 Å². The van der Waals surface area contributed by atoms with Gasteiger partial charge in [-0.15, -0.1) is 0 Å². The summed E-state index contributed by atoms with van der Waals surface area (Å²) in [5, 5.41) is 12.5. The van der Waals surface area contributed by atoms with Crippen LogP contribution in [0.25, 0.3) is 0 Å². The molecule has 2 rings (SSSR count). The molecule has 0 bridgehead atoms. The predicted molar refractivity (Wildman–Crippen MR) is 63.4 cm³/mol. The first-order chi connectivity index (χ1) is 9.08. The minimum atomic E-state index is -1.12. The maximum Gasteiger partial charge on any atom is 0.337 e. The van der Waals surface area contributed by atoms with Crippen molar-refractivity contribution in [3.8, 4) is 0 Å².